The number of nitrogens with one attached hydrogen (secondary N) is 2. The highest BCUT2D eigenvalue weighted by molar-refractivity contribution is 7.92. The van der Waals surface area contributed by atoms with Crippen molar-refractivity contribution in [3.63, 3.8) is 0 Å². The predicted octanol–water partition coefficient (Wildman–Crippen LogP) is 2.77. The van der Waals surface area contributed by atoms with Gasteiger partial charge < -0.3 is 0 Å². The topological polar surface area (TPSA) is 109 Å². The summed E-state index contributed by atoms with van der Waals surface area (Å²) in [7, 11) is -7.79. The molecule has 0 heterocycles. The van der Waals surface area contributed by atoms with Crippen LogP contribution in [0, 0.1) is 0 Å². The van der Waals surface area contributed by atoms with Gasteiger partial charge in [0.2, 0.25) is 10.0 Å². The van der Waals surface area contributed by atoms with Crippen molar-refractivity contribution in [1.29, 1.82) is 0 Å². The number of Topliss-reactive ketones (excluding diaryl/α,β-unsaturated/α-hetero) is 1. The van der Waals surface area contributed by atoms with Crippen LogP contribution in [0.15, 0.2) is 58.3 Å². The molecule has 0 unspecified atom stereocenters. The normalized spacial score (nSPS) is 12.6. The number of anilines is 1. The minimum atomic E-state index is -3.98. The first-order valence-corrected chi connectivity index (χ1v) is 11.0. The molecule has 0 saturated carbocycles. The van der Waals surface area contributed by atoms with Crippen LogP contribution in [0.5, 0.6) is 0 Å². The van der Waals surface area contributed by atoms with E-state index in [9.17, 15) is 21.6 Å². The van der Waals surface area contributed by atoms with E-state index in [1.165, 1.54) is 55.5 Å². The molecule has 0 radical (unpaired) electrons. The van der Waals surface area contributed by atoms with Crippen molar-refractivity contribution in [2.24, 2.45) is 0 Å². The Morgan fingerprint density at radius 3 is 1.96 bits per heavy atom. The van der Waals surface area contributed by atoms with Crippen molar-refractivity contribution in [2.75, 3.05) is 4.72 Å². The maximum absolute atomic E-state index is 12.6. The van der Waals surface area contributed by atoms with E-state index in [0.29, 0.717) is 0 Å². The summed E-state index contributed by atoms with van der Waals surface area (Å²) >= 11 is 0. The highest BCUT2D eigenvalue weighted by Gasteiger charge is 2.23. The van der Waals surface area contributed by atoms with Gasteiger partial charge in [-0.3, -0.25) is 9.52 Å². The summed E-state index contributed by atoms with van der Waals surface area (Å²) in [6.07, 6.45) is 0. The van der Waals surface area contributed by atoms with Gasteiger partial charge in [0.1, 0.15) is 0 Å². The van der Waals surface area contributed by atoms with E-state index < -0.39 is 25.6 Å². The molecule has 2 aromatic carbocycles. The zero-order valence-corrected chi connectivity index (χ0v) is 17.1. The van der Waals surface area contributed by atoms with Gasteiger partial charge in [0.05, 0.1) is 15.5 Å². The molecule has 0 aliphatic rings. The molecular formula is C18H22N2O5S2. The number of carbonyl (C=O) groups is 1. The number of ketones is 1. The Bertz CT molecular complexity index is 1070. The molecule has 2 rings (SSSR count). The van der Waals surface area contributed by atoms with E-state index in [4.69, 9.17) is 0 Å². The molecule has 9 heteroatoms. The smallest absolute Gasteiger partial charge is 0.261 e. The quantitative estimate of drug-likeness (QED) is 0.712. The fourth-order valence-corrected chi connectivity index (χ4v) is 4.84. The van der Waals surface area contributed by atoms with Gasteiger partial charge in [-0.05, 0) is 58.0 Å². The lowest BCUT2D eigenvalue weighted by molar-refractivity contribution is 0.101. The van der Waals surface area contributed by atoms with Crippen LogP contribution < -0.4 is 9.44 Å². The van der Waals surface area contributed by atoms with Crippen molar-refractivity contribution < 1.29 is 21.6 Å². The highest BCUT2D eigenvalue weighted by Crippen LogP contribution is 2.21. The highest BCUT2D eigenvalue weighted by atomic mass is 32.2. The van der Waals surface area contributed by atoms with Gasteiger partial charge in [-0.2, -0.15) is 0 Å². The zero-order chi connectivity index (χ0) is 20.5. The van der Waals surface area contributed by atoms with Crippen molar-refractivity contribution >= 4 is 31.5 Å². The van der Waals surface area contributed by atoms with Gasteiger partial charge in [0, 0.05) is 11.1 Å². The molecule has 0 bridgehead atoms. The zero-order valence-electron chi connectivity index (χ0n) is 15.5. The first-order valence-electron chi connectivity index (χ1n) is 8.08. The van der Waals surface area contributed by atoms with Crippen LogP contribution in [0.1, 0.15) is 38.1 Å². The Labute approximate surface area is 159 Å². The minimum Gasteiger partial charge on any atom is -0.295 e. The third-order valence-electron chi connectivity index (χ3n) is 3.39. The lowest BCUT2D eigenvalue weighted by Gasteiger charge is -2.20. The number of hydrogen-bond acceptors (Lipinski definition) is 5. The summed E-state index contributed by atoms with van der Waals surface area (Å²) in [5, 5.41) is 0. The first kappa shape index (κ1) is 21.1. The number of rotatable bonds is 6. The minimum absolute atomic E-state index is 0.0601. The molecule has 0 aliphatic carbocycles. The van der Waals surface area contributed by atoms with E-state index in [1.807, 2.05) is 0 Å². The average Bonchev–Trinajstić information content (AvgIpc) is 2.52. The number of carbonyl (C=O) groups excluding carboxylic acids is 1. The number of sulfonamides is 2. The van der Waals surface area contributed by atoms with Crippen molar-refractivity contribution in [3.8, 4) is 0 Å². The Kier molecular flexibility index (Phi) is 5.79. The summed E-state index contributed by atoms with van der Waals surface area (Å²) in [5.74, 6) is -0.256. The Morgan fingerprint density at radius 1 is 0.852 bits per heavy atom. The Morgan fingerprint density at radius 2 is 1.41 bits per heavy atom. The van der Waals surface area contributed by atoms with Gasteiger partial charge in [-0.1, -0.05) is 18.2 Å². The fraction of sp³-hybridized carbons (Fsp3) is 0.278. The van der Waals surface area contributed by atoms with Crippen LogP contribution in [0.2, 0.25) is 0 Å². The first-order chi connectivity index (χ1) is 12.3. The lowest BCUT2D eigenvalue weighted by atomic mass is 10.1. The lowest BCUT2D eigenvalue weighted by Crippen LogP contribution is -2.40. The second kappa shape index (κ2) is 7.41. The molecule has 2 N–H and O–H groups in total. The second-order valence-corrected chi connectivity index (χ2v) is 10.4. The third kappa shape index (κ3) is 5.62. The van der Waals surface area contributed by atoms with Gasteiger partial charge in [0.15, 0.2) is 5.78 Å². The Hall–Kier alpha value is -2.23. The average molecular weight is 411 g/mol. The van der Waals surface area contributed by atoms with Crippen LogP contribution in [-0.4, -0.2) is 28.2 Å². The monoisotopic (exact) mass is 410 g/mol. The summed E-state index contributed by atoms with van der Waals surface area (Å²) < 4.78 is 54.9. The maximum atomic E-state index is 12.6. The molecule has 0 saturated heterocycles. The predicted molar refractivity (Wildman–Crippen MR) is 104 cm³/mol. The molecule has 146 valence electrons. The molecule has 0 spiro atoms. The third-order valence-corrected chi connectivity index (χ3v) is 6.52. The molecule has 2 aromatic rings. The molecule has 7 nitrogen and oxygen atoms in total. The standard InChI is InChI=1S/C18H22N2O5S2/c1-13(21)14-7-5-9-16(11-14)26(22,23)19-15-8-6-10-17(12-15)27(24,25)20-18(2,3)4/h5-12,19-20H,1-4H3. The molecule has 0 atom stereocenters. The Balaban J connectivity index is 2.35. The van der Waals surface area contributed by atoms with E-state index >= 15 is 0 Å². The molecule has 0 aliphatic heterocycles. The van der Waals surface area contributed by atoms with Crippen molar-refractivity contribution in [3.05, 3.63) is 54.1 Å². The van der Waals surface area contributed by atoms with Crippen LogP contribution in [0.3, 0.4) is 0 Å². The van der Waals surface area contributed by atoms with Gasteiger partial charge in [-0.15, -0.1) is 0 Å². The van der Waals surface area contributed by atoms with Crippen molar-refractivity contribution in [2.45, 2.75) is 43.0 Å². The van der Waals surface area contributed by atoms with E-state index in [0.717, 1.165) is 0 Å². The molecule has 0 amide bonds. The molecule has 0 fully saturated rings. The van der Waals surface area contributed by atoms with E-state index in [-0.39, 0.29) is 26.8 Å². The summed E-state index contributed by atoms with van der Waals surface area (Å²) in [5.41, 5.74) is -0.315. The molecule has 0 aromatic heterocycles. The number of hydrogen-bond donors (Lipinski definition) is 2. The van der Waals surface area contributed by atoms with E-state index in [2.05, 4.69) is 9.44 Å². The van der Waals surface area contributed by atoms with Crippen LogP contribution >= 0.6 is 0 Å². The van der Waals surface area contributed by atoms with Crippen LogP contribution in [0.25, 0.3) is 0 Å². The van der Waals surface area contributed by atoms with Gasteiger partial charge >= 0.3 is 0 Å². The number of benzene rings is 2. The molecular weight excluding hydrogens is 388 g/mol. The summed E-state index contributed by atoms with van der Waals surface area (Å²) in [6, 6.07) is 11.1. The fourth-order valence-electron chi connectivity index (χ4n) is 2.29. The van der Waals surface area contributed by atoms with E-state index in [1.54, 1.807) is 20.8 Å². The largest absolute Gasteiger partial charge is 0.295 e. The van der Waals surface area contributed by atoms with Crippen molar-refractivity contribution in [1.82, 2.24) is 4.72 Å². The SMILES string of the molecule is CC(=O)c1cccc(S(=O)(=O)Nc2cccc(S(=O)(=O)NC(C)(C)C)c2)c1. The van der Waals surface area contributed by atoms with Crippen LogP contribution in [0.4, 0.5) is 5.69 Å². The molecule has 27 heavy (non-hydrogen) atoms. The van der Waals surface area contributed by atoms with Crippen LogP contribution in [-0.2, 0) is 20.0 Å². The summed E-state index contributed by atoms with van der Waals surface area (Å²) in [4.78, 5) is 11.3. The van der Waals surface area contributed by atoms with Gasteiger partial charge in [0.25, 0.3) is 10.0 Å². The summed E-state index contributed by atoms with van der Waals surface area (Å²) in [6.45, 7) is 6.47. The van der Waals surface area contributed by atoms with Gasteiger partial charge in [-0.25, -0.2) is 21.6 Å². The second-order valence-electron chi connectivity index (χ2n) is 7.07. The maximum Gasteiger partial charge on any atom is 0.261 e.